The van der Waals surface area contributed by atoms with Crippen LogP contribution in [0.1, 0.15) is 69.9 Å². The second-order valence-electron chi connectivity index (χ2n) is 5.03. The maximum absolute atomic E-state index is 3.66. The number of rotatable bonds is 10. The number of halogens is 2. The lowest BCUT2D eigenvalue weighted by Gasteiger charge is -2.15. The molecule has 1 aromatic rings. The van der Waals surface area contributed by atoms with Crippen molar-refractivity contribution in [2.75, 3.05) is 7.05 Å². The maximum Gasteiger partial charge on any atom is 0.0758 e. The standard InChI is InChI=1S/C15H25Br2NS/c1-3-4-5-6-7-8-9-10-13(18-2)12-11-14(16)19-15(12)17/h11,13,18H,3-10H2,1-2H3. The molecule has 0 saturated heterocycles. The zero-order valence-electron chi connectivity index (χ0n) is 12.0. The molecule has 0 aromatic carbocycles. The molecule has 1 N–H and O–H groups in total. The van der Waals surface area contributed by atoms with Crippen molar-refractivity contribution in [2.45, 2.75) is 64.3 Å². The Balaban J connectivity index is 2.24. The Kier molecular flexibility index (Phi) is 9.64. The lowest BCUT2D eigenvalue weighted by atomic mass is 10.0. The minimum Gasteiger partial charge on any atom is -0.313 e. The van der Waals surface area contributed by atoms with Gasteiger partial charge in [0.1, 0.15) is 0 Å². The highest BCUT2D eigenvalue weighted by atomic mass is 79.9. The molecule has 1 heterocycles. The summed E-state index contributed by atoms with van der Waals surface area (Å²) in [5.41, 5.74) is 1.39. The lowest BCUT2D eigenvalue weighted by molar-refractivity contribution is 0.495. The predicted octanol–water partition coefficient (Wildman–Crippen LogP) is 6.67. The van der Waals surface area contributed by atoms with Crippen molar-refractivity contribution in [2.24, 2.45) is 0 Å². The van der Waals surface area contributed by atoms with Crippen LogP contribution >= 0.6 is 43.2 Å². The molecule has 0 radical (unpaired) electrons. The molecule has 1 nitrogen and oxygen atoms in total. The summed E-state index contributed by atoms with van der Waals surface area (Å²) in [4.78, 5) is 0. The molecule has 1 atom stereocenters. The summed E-state index contributed by atoms with van der Waals surface area (Å²) in [7, 11) is 2.06. The molecular formula is C15H25Br2NS. The van der Waals surface area contributed by atoms with Gasteiger partial charge in [0, 0.05) is 6.04 Å². The molecule has 4 heteroatoms. The molecule has 0 aliphatic carbocycles. The number of hydrogen-bond donors (Lipinski definition) is 1. The minimum atomic E-state index is 0.479. The first-order chi connectivity index (χ1) is 9.19. The van der Waals surface area contributed by atoms with E-state index in [1.165, 1.54) is 64.5 Å². The molecule has 0 saturated carbocycles. The summed E-state index contributed by atoms with van der Waals surface area (Å²) in [6.07, 6.45) is 10.9. The largest absolute Gasteiger partial charge is 0.313 e. The highest BCUT2D eigenvalue weighted by Crippen LogP contribution is 2.37. The fourth-order valence-electron chi connectivity index (χ4n) is 2.35. The number of thiophene rings is 1. The van der Waals surface area contributed by atoms with Crippen LogP contribution in [0.2, 0.25) is 0 Å². The average molecular weight is 411 g/mol. The molecule has 1 unspecified atom stereocenters. The molecular weight excluding hydrogens is 386 g/mol. The highest BCUT2D eigenvalue weighted by Gasteiger charge is 2.15. The van der Waals surface area contributed by atoms with E-state index in [0.717, 1.165) is 0 Å². The fourth-order valence-corrected chi connectivity index (χ4v) is 5.33. The Morgan fingerprint density at radius 2 is 1.74 bits per heavy atom. The van der Waals surface area contributed by atoms with E-state index in [4.69, 9.17) is 0 Å². The van der Waals surface area contributed by atoms with Crippen LogP contribution in [0.3, 0.4) is 0 Å². The summed E-state index contributed by atoms with van der Waals surface area (Å²) in [5.74, 6) is 0. The van der Waals surface area contributed by atoms with Crippen molar-refractivity contribution in [1.82, 2.24) is 5.32 Å². The molecule has 0 amide bonds. The lowest BCUT2D eigenvalue weighted by Crippen LogP contribution is -2.15. The first kappa shape index (κ1) is 17.7. The molecule has 0 bridgehead atoms. The van der Waals surface area contributed by atoms with E-state index >= 15 is 0 Å². The number of hydrogen-bond acceptors (Lipinski definition) is 2. The van der Waals surface area contributed by atoms with Gasteiger partial charge in [0.15, 0.2) is 0 Å². The third kappa shape index (κ3) is 6.74. The molecule has 0 aliphatic heterocycles. The van der Waals surface area contributed by atoms with Gasteiger partial charge in [0.05, 0.1) is 7.57 Å². The Bertz CT molecular complexity index is 352. The Labute approximate surface area is 138 Å². The Morgan fingerprint density at radius 3 is 2.26 bits per heavy atom. The smallest absolute Gasteiger partial charge is 0.0758 e. The second-order valence-corrected chi connectivity index (χ2v) is 8.78. The van der Waals surface area contributed by atoms with Crippen molar-refractivity contribution in [1.29, 1.82) is 0 Å². The van der Waals surface area contributed by atoms with E-state index in [-0.39, 0.29) is 0 Å². The first-order valence-electron chi connectivity index (χ1n) is 7.31. The van der Waals surface area contributed by atoms with Gasteiger partial charge < -0.3 is 5.32 Å². The van der Waals surface area contributed by atoms with Gasteiger partial charge >= 0.3 is 0 Å². The zero-order valence-corrected chi connectivity index (χ0v) is 16.0. The first-order valence-corrected chi connectivity index (χ1v) is 9.71. The van der Waals surface area contributed by atoms with Gasteiger partial charge in [-0.05, 0) is 57.0 Å². The van der Waals surface area contributed by atoms with E-state index in [2.05, 4.69) is 57.2 Å². The third-order valence-electron chi connectivity index (χ3n) is 3.50. The molecule has 19 heavy (non-hydrogen) atoms. The maximum atomic E-state index is 3.66. The molecule has 1 aromatic heterocycles. The van der Waals surface area contributed by atoms with Crippen molar-refractivity contribution in [3.8, 4) is 0 Å². The van der Waals surface area contributed by atoms with Gasteiger partial charge in [-0.15, -0.1) is 11.3 Å². The van der Waals surface area contributed by atoms with Gasteiger partial charge in [0.25, 0.3) is 0 Å². The topological polar surface area (TPSA) is 12.0 Å². The normalized spacial score (nSPS) is 12.8. The van der Waals surface area contributed by atoms with Gasteiger partial charge in [0.2, 0.25) is 0 Å². The molecule has 0 aliphatic rings. The van der Waals surface area contributed by atoms with Crippen molar-refractivity contribution >= 4 is 43.2 Å². The summed E-state index contributed by atoms with van der Waals surface area (Å²) in [6, 6.07) is 2.71. The zero-order chi connectivity index (χ0) is 14.1. The third-order valence-corrected chi connectivity index (χ3v) is 5.89. The van der Waals surface area contributed by atoms with Crippen LogP contribution in [0.25, 0.3) is 0 Å². The van der Waals surface area contributed by atoms with Crippen LogP contribution in [0, 0.1) is 0 Å². The van der Waals surface area contributed by atoms with Crippen LogP contribution in [-0.2, 0) is 0 Å². The molecule has 0 spiro atoms. The molecule has 0 fully saturated rings. The van der Waals surface area contributed by atoms with Gasteiger partial charge in [-0.2, -0.15) is 0 Å². The van der Waals surface area contributed by atoms with E-state index in [1.54, 1.807) is 11.3 Å². The van der Waals surface area contributed by atoms with Crippen LogP contribution in [0.15, 0.2) is 13.6 Å². The van der Waals surface area contributed by atoms with Crippen LogP contribution in [-0.4, -0.2) is 7.05 Å². The van der Waals surface area contributed by atoms with E-state index < -0.39 is 0 Å². The SMILES string of the molecule is CCCCCCCCCC(NC)c1cc(Br)sc1Br. The van der Waals surface area contributed by atoms with Crippen LogP contribution < -0.4 is 5.32 Å². The van der Waals surface area contributed by atoms with Crippen molar-refractivity contribution in [3.05, 3.63) is 19.2 Å². The summed E-state index contributed by atoms with van der Waals surface area (Å²) >= 11 is 8.98. The Morgan fingerprint density at radius 1 is 1.11 bits per heavy atom. The summed E-state index contributed by atoms with van der Waals surface area (Å²) < 4.78 is 2.45. The molecule has 110 valence electrons. The minimum absolute atomic E-state index is 0.479. The average Bonchev–Trinajstić information content (AvgIpc) is 2.72. The predicted molar refractivity (Wildman–Crippen MR) is 94.1 cm³/mol. The fraction of sp³-hybridized carbons (Fsp3) is 0.733. The van der Waals surface area contributed by atoms with Gasteiger partial charge in [-0.3, -0.25) is 0 Å². The highest BCUT2D eigenvalue weighted by molar-refractivity contribution is 9.12. The Hall–Kier alpha value is 0.620. The second kappa shape index (κ2) is 10.4. The van der Waals surface area contributed by atoms with Crippen LogP contribution in [0.5, 0.6) is 0 Å². The summed E-state index contributed by atoms with van der Waals surface area (Å²) in [6.45, 7) is 2.27. The quantitative estimate of drug-likeness (QED) is 0.424. The van der Waals surface area contributed by atoms with Crippen molar-refractivity contribution < 1.29 is 0 Å². The molecule has 1 rings (SSSR count). The monoisotopic (exact) mass is 409 g/mol. The number of unbranched alkanes of at least 4 members (excludes halogenated alkanes) is 6. The van der Waals surface area contributed by atoms with E-state index in [0.29, 0.717) is 6.04 Å². The van der Waals surface area contributed by atoms with Crippen molar-refractivity contribution in [3.63, 3.8) is 0 Å². The van der Waals surface area contributed by atoms with Crippen LogP contribution in [0.4, 0.5) is 0 Å². The van der Waals surface area contributed by atoms with Gasteiger partial charge in [-0.25, -0.2) is 0 Å². The van der Waals surface area contributed by atoms with E-state index in [9.17, 15) is 0 Å². The van der Waals surface area contributed by atoms with Gasteiger partial charge in [-0.1, -0.05) is 51.9 Å². The van der Waals surface area contributed by atoms with E-state index in [1.807, 2.05) is 0 Å². The summed E-state index contributed by atoms with van der Waals surface area (Å²) in [5, 5.41) is 3.44. The number of nitrogens with one attached hydrogen (secondary N) is 1.